The number of aromatic amines is 1. The van der Waals surface area contributed by atoms with E-state index >= 15 is 0 Å². The second-order valence-electron chi connectivity index (χ2n) is 5.07. The predicted molar refractivity (Wildman–Crippen MR) is 75.3 cm³/mol. The summed E-state index contributed by atoms with van der Waals surface area (Å²) < 4.78 is 0. The van der Waals surface area contributed by atoms with Crippen molar-refractivity contribution < 1.29 is 0 Å². The van der Waals surface area contributed by atoms with E-state index in [0.29, 0.717) is 11.7 Å². The Bertz CT molecular complexity index is 617. The number of H-pyrrole nitrogens is 1. The summed E-state index contributed by atoms with van der Waals surface area (Å²) in [5.74, 6) is 1.92. The normalized spacial score (nSPS) is 16.1. The second-order valence-corrected chi connectivity index (χ2v) is 5.07. The molecule has 1 aliphatic carbocycles. The molecule has 98 valence electrons. The molecule has 1 unspecified atom stereocenters. The maximum absolute atomic E-state index is 11.6. The third-order valence-corrected chi connectivity index (χ3v) is 3.39. The van der Waals surface area contributed by atoms with E-state index in [1.165, 1.54) is 11.6 Å². The number of hydrogen-bond donors (Lipinski definition) is 2. The number of aromatic nitrogens is 2. The molecule has 3 rings (SSSR count). The van der Waals surface area contributed by atoms with E-state index in [1.807, 2.05) is 18.2 Å². The van der Waals surface area contributed by atoms with Gasteiger partial charge in [0.25, 0.3) is 5.56 Å². The van der Waals surface area contributed by atoms with Crippen molar-refractivity contribution in [3.63, 3.8) is 0 Å². The molecule has 2 N–H and O–H groups in total. The monoisotopic (exact) mass is 255 g/mol. The lowest BCUT2D eigenvalue weighted by atomic mass is 10.1. The van der Waals surface area contributed by atoms with Gasteiger partial charge in [0.2, 0.25) is 0 Å². The van der Waals surface area contributed by atoms with Crippen molar-refractivity contribution in [2.45, 2.75) is 31.7 Å². The van der Waals surface area contributed by atoms with Crippen molar-refractivity contribution in [2.24, 2.45) is 0 Å². The van der Waals surface area contributed by atoms with Crippen molar-refractivity contribution in [1.29, 1.82) is 0 Å². The van der Waals surface area contributed by atoms with Crippen molar-refractivity contribution in [3.8, 4) is 0 Å². The zero-order valence-electron chi connectivity index (χ0n) is 10.9. The third-order valence-electron chi connectivity index (χ3n) is 3.39. The highest BCUT2D eigenvalue weighted by Crippen LogP contribution is 2.37. The summed E-state index contributed by atoms with van der Waals surface area (Å²) in [5.41, 5.74) is 1.09. The highest BCUT2D eigenvalue weighted by molar-refractivity contribution is 5.38. The lowest BCUT2D eigenvalue weighted by Gasteiger charge is -2.15. The van der Waals surface area contributed by atoms with Gasteiger partial charge in [-0.15, -0.1) is 0 Å². The van der Waals surface area contributed by atoms with Crippen molar-refractivity contribution >= 4 is 5.82 Å². The summed E-state index contributed by atoms with van der Waals surface area (Å²) in [5, 5.41) is 3.29. The third kappa shape index (κ3) is 2.84. The zero-order chi connectivity index (χ0) is 13.2. The Hall–Kier alpha value is -2.10. The maximum Gasteiger partial charge on any atom is 0.252 e. The average molecular weight is 255 g/mol. The Morgan fingerprint density at radius 2 is 2.05 bits per heavy atom. The van der Waals surface area contributed by atoms with Crippen LogP contribution in [-0.4, -0.2) is 9.97 Å². The highest BCUT2D eigenvalue weighted by atomic mass is 16.1. The molecular formula is C15H17N3O. The quantitative estimate of drug-likeness (QED) is 0.883. The zero-order valence-corrected chi connectivity index (χ0v) is 10.9. The van der Waals surface area contributed by atoms with Gasteiger partial charge in [-0.1, -0.05) is 30.3 Å². The molecule has 0 radical (unpaired) electrons. The van der Waals surface area contributed by atoms with Gasteiger partial charge in [-0.05, 0) is 25.3 Å². The lowest BCUT2D eigenvalue weighted by Crippen LogP contribution is -2.15. The van der Waals surface area contributed by atoms with Crippen LogP contribution in [0.2, 0.25) is 0 Å². The Kier molecular flexibility index (Phi) is 3.07. The largest absolute Gasteiger partial charge is 0.363 e. The summed E-state index contributed by atoms with van der Waals surface area (Å²) in [6.07, 6.45) is 2.25. The Balaban J connectivity index is 1.81. The number of nitrogens with zero attached hydrogens (tertiary/aromatic N) is 1. The van der Waals surface area contributed by atoms with Crippen LogP contribution in [0, 0.1) is 0 Å². The number of anilines is 1. The van der Waals surface area contributed by atoms with Crippen LogP contribution in [0.1, 0.15) is 43.1 Å². The Labute approximate surface area is 111 Å². The minimum atomic E-state index is -0.0836. The van der Waals surface area contributed by atoms with Gasteiger partial charge in [-0.25, -0.2) is 4.98 Å². The smallest absolute Gasteiger partial charge is 0.252 e. The van der Waals surface area contributed by atoms with E-state index in [-0.39, 0.29) is 11.6 Å². The molecule has 1 saturated carbocycles. The molecular weight excluding hydrogens is 238 g/mol. The van der Waals surface area contributed by atoms with E-state index < -0.39 is 0 Å². The van der Waals surface area contributed by atoms with Crippen LogP contribution in [0.5, 0.6) is 0 Å². The van der Waals surface area contributed by atoms with Crippen LogP contribution in [0.3, 0.4) is 0 Å². The molecule has 0 bridgehead atoms. The fraction of sp³-hybridized carbons (Fsp3) is 0.333. The summed E-state index contributed by atoms with van der Waals surface area (Å²) in [6.45, 7) is 2.06. The molecule has 1 atom stereocenters. The Morgan fingerprint density at radius 3 is 2.74 bits per heavy atom. The van der Waals surface area contributed by atoms with E-state index in [4.69, 9.17) is 0 Å². The average Bonchev–Trinajstić information content (AvgIpc) is 3.23. The molecule has 1 aromatic heterocycles. The number of benzene rings is 1. The van der Waals surface area contributed by atoms with Crippen LogP contribution in [0.25, 0.3) is 0 Å². The summed E-state index contributed by atoms with van der Waals surface area (Å²) in [7, 11) is 0. The van der Waals surface area contributed by atoms with Crippen LogP contribution < -0.4 is 10.9 Å². The van der Waals surface area contributed by atoms with Crippen molar-refractivity contribution in [2.75, 3.05) is 5.32 Å². The van der Waals surface area contributed by atoms with Crippen LogP contribution in [-0.2, 0) is 0 Å². The Morgan fingerprint density at radius 1 is 1.32 bits per heavy atom. The molecule has 19 heavy (non-hydrogen) atoms. The second kappa shape index (κ2) is 4.88. The summed E-state index contributed by atoms with van der Waals surface area (Å²) >= 11 is 0. The molecule has 1 fully saturated rings. The molecule has 4 nitrogen and oxygen atoms in total. The molecule has 0 spiro atoms. The van der Waals surface area contributed by atoms with Gasteiger partial charge in [0, 0.05) is 18.0 Å². The van der Waals surface area contributed by atoms with E-state index in [9.17, 15) is 4.79 Å². The lowest BCUT2D eigenvalue weighted by molar-refractivity contribution is 0.848. The van der Waals surface area contributed by atoms with Gasteiger partial charge < -0.3 is 10.3 Å². The first-order chi connectivity index (χ1) is 9.22. The number of rotatable bonds is 4. The first kappa shape index (κ1) is 12.0. The summed E-state index contributed by atoms with van der Waals surface area (Å²) in [4.78, 5) is 18.9. The van der Waals surface area contributed by atoms with Crippen LogP contribution >= 0.6 is 0 Å². The fourth-order valence-electron chi connectivity index (χ4n) is 2.15. The first-order valence-corrected chi connectivity index (χ1v) is 6.65. The number of hydrogen-bond acceptors (Lipinski definition) is 3. The topological polar surface area (TPSA) is 57.8 Å². The van der Waals surface area contributed by atoms with Gasteiger partial charge in [-0.3, -0.25) is 4.79 Å². The fourth-order valence-corrected chi connectivity index (χ4v) is 2.15. The molecule has 4 heteroatoms. The van der Waals surface area contributed by atoms with E-state index in [0.717, 1.165) is 18.7 Å². The van der Waals surface area contributed by atoms with Gasteiger partial charge in [0.15, 0.2) is 0 Å². The van der Waals surface area contributed by atoms with Gasteiger partial charge in [-0.2, -0.15) is 0 Å². The molecule has 0 saturated heterocycles. The highest BCUT2D eigenvalue weighted by Gasteiger charge is 2.26. The molecule has 2 aromatic rings. The van der Waals surface area contributed by atoms with Gasteiger partial charge >= 0.3 is 0 Å². The van der Waals surface area contributed by atoms with Crippen molar-refractivity contribution in [1.82, 2.24) is 9.97 Å². The molecule has 1 heterocycles. The van der Waals surface area contributed by atoms with Crippen LogP contribution in [0.4, 0.5) is 5.82 Å². The van der Waals surface area contributed by atoms with E-state index in [1.54, 1.807) is 0 Å². The van der Waals surface area contributed by atoms with E-state index in [2.05, 4.69) is 34.3 Å². The van der Waals surface area contributed by atoms with Crippen molar-refractivity contribution in [3.05, 3.63) is 58.1 Å². The van der Waals surface area contributed by atoms with Gasteiger partial charge in [0.1, 0.15) is 11.6 Å². The SMILES string of the molecule is CC(Nc1cc(=O)[nH]c(C2CC2)n1)c1ccccc1. The molecule has 1 aliphatic rings. The van der Waals surface area contributed by atoms with Gasteiger partial charge in [0.05, 0.1) is 0 Å². The molecule has 1 aromatic carbocycles. The summed E-state index contributed by atoms with van der Waals surface area (Å²) in [6, 6.07) is 11.8. The minimum Gasteiger partial charge on any atom is -0.363 e. The predicted octanol–water partition coefficient (Wildman–Crippen LogP) is 2.82. The molecule has 0 amide bonds. The number of nitrogens with one attached hydrogen (secondary N) is 2. The van der Waals surface area contributed by atoms with Crippen LogP contribution in [0.15, 0.2) is 41.2 Å². The molecule has 0 aliphatic heterocycles. The first-order valence-electron chi connectivity index (χ1n) is 6.65. The minimum absolute atomic E-state index is 0.0836. The maximum atomic E-state index is 11.6. The standard InChI is InChI=1S/C15H17N3O/c1-10(11-5-3-2-4-6-11)16-13-9-14(19)18-15(17-13)12-7-8-12/h2-6,9-10,12H,7-8H2,1H3,(H2,16,17,18,19).